The Labute approximate surface area is 385 Å². The second-order valence-corrected chi connectivity index (χ2v) is 17.5. The molecule has 14 aromatic rings. The van der Waals surface area contributed by atoms with E-state index in [9.17, 15) is 0 Å². The number of hydrogen-bond acceptors (Lipinski definition) is 4. The van der Waals surface area contributed by atoms with Crippen molar-refractivity contribution < 1.29 is 4.42 Å². The molecule has 0 radical (unpaired) electrons. The molecule has 0 aliphatic rings. The van der Waals surface area contributed by atoms with Gasteiger partial charge < -0.3 is 4.42 Å². The number of fused-ring (bicyclic) bond motifs is 3. The lowest BCUT2D eigenvalue weighted by molar-refractivity contribution is 0.631. The van der Waals surface area contributed by atoms with E-state index in [4.69, 9.17) is 19.4 Å². The molecule has 0 atom stereocenters. The summed E-state index contributed by atoms with van der Waals surface area (Å²) in [4.78, 5) is 15.4. The fourth-order valence-corrected chi connectivity index (χ4v) is 10.6. The summed E-state index contributed by atoms with van der Waals surface area (Å²) in [7, 11) is 0. The van der Waals surface area contributed by atoms with Gasteiger partial charge in [-0.2, -0.15) is 0 Å². The number of hydrogen-bond donors (Lipinski definition) is 0. The van der Waals surface area contributed by atoms with Crippen LogP contribution in [0.15, 0.2) is 229 Å². The number of rotatable bonds is 6. The molecule has 310 valence electrons. The SMILES string of the molecule is c1ccc(-c2nc(-c3ccc(-c4ccccc4-c4cc5ccc6cccc7c8cccc9ccc%10cccc(c(c4)c5c67)c%10c98)cc3)nc(-c3ccccc3-c3cc4ccccc4o3)n2)cc1. The third-order valence-electron chi connectivity index (χ3n) is 13.6. The third kappa shape index (κ3) is 5.97. The van der Waals surface area contributed by atoms with Gasteiger partial charge in [-0.05, 0) is 111 Å². The Morgan fingerprint density at radius 2 is 0.716 bits per heavy atom. The molecule has 0 fully saturated rings. The highest BCUT2D eigenvalue weighted by atomic mass is 16.3. The molecule has 4 heteroatoms. The lowest BCUT2D eigenvalue weighted by Gasteiger charge is -2.18. The van der Waals surface area contributed by atoms with E-state index in [2.05, 4.69) is 164 Å². The number of para-hydroxylation sites is 1. The smallest absolute Gasteiger partial charge is 0.164 e. The van der Waals surface area contributed by atoms with Crippen LogP contribution in [0.5, 0.6) is 0 Å². The summed E-state index contributed by atoms with van der Waals surface area (Å²) >= 11 is 0. The van der Waals surface area contributed by atoms with Crippen LogP contribution in [0.1, 0.15) is 0 Å². The lowest BCUT2D eigenvalue weighted by Crippen LogP contribution is -2.01. The summed E-state index contributed by atoms with van der Waals surface area (Å²) in [6.45, 7) is 0. The molecule has 4 nitrogen and oxygen atoms in total. The van der Waals surface area contributed by atoms with Crippen molar-refractivity contribution >= 4 is 75.6 Å². The zero-order valence-electron chi connectivity index (χ0n) is 36.1. The molecule has 0 aliphatic carbocycles. The van der Waals surface area contributed by atoms with Crippen molar-refractivity contribution in [2.45, 2.75) is 0 Å². The number of nitrogens with zero attached hydrogens (tertiary/aromatic N) is 3. The highest BCUT2D eigenvalue weighted by Gasteiger charge is 2.20. The average molecular weight is 852 g/mol. The van der Waals surface area contributed by atoms with E-state index in [1.165, 1.54) is 75.8 Å². The van der Waals surface area contributed by atoms with Gasteiger partial charge in [-0.1, -0.05) is 200 Å². The fraction of sp³-hybridized carbons (Fsp3) is 0. The maximum absolute atomic E-state index is 6.37. The summed E-state index contributed by atoms with van der Waals surface area (Å²) in [6, 6.07) is 80.2. The van der Waals surface area contributed by atoms with Crippen molar-refractivity contribution in [2.24, 2.45) is 0 Å². The summed E-state index contributed by atoms with van der Waals surface area (Å²) in [5.74, 6) is 2.55. The van der Waals surface area contributed by atoms with Crippen LogP contribution < -0.4 is 0 Å². The second kappa shape index (κ2) is 14.8. The van der Waals surface area contributed by atoms with E-state index in [1.54, 1.807) is 0 Å². The van der Waals surface area contributed by atoms with Gasteiger partial charge in [0, 0.05) is 27.6 Å². The third-order valence-corrected chi connectivity index (χ3v) is 13.6. The van der Waals surface area contributed by atoms with Crippen molar-refractivity contribution in [2.75, 3.05) is 0 Å². The van der Waals surface area contributed by atoms with Crippen LogP contribution in [-0.2, 0) is 0 Å². The Hall–Kier alpha value is -8.99. The monoisotopic (exact) mass is 851 g/mol. The Kier molecular flexibility index (Phi) is 8.25. The molecule has 0 amide bonds. The van der Waals surface area contributed by atoms with Gasteiger partial charge in [-0.3, -0.25) is 0 Å². The van der Waals surface area contributed by atoms with Crippen LogP contribution in [0.2, 0.25) is 0 Å². The molecule has 0 spiro atoms. The first-order valence-electron chi connectivity index (χ1n) is 22.7. The first-order valence-corrected chi connectivity index (χ1v) is 22.7. The van der Waals surface area contributed by atoms with Crippen molar-refractivity contribution in [3.8, 4) is 67.7 Å². The number of benzene rings is 11. The molecule has 0 N–H and O–H groups in total. The molecule has 0 saturated heterocycles. The second-order valence-electron chi connectivity index (χ2n) is 17.5. The zero-order valence-corrected chi connectivity index (χ0v) is 36.1. The number of aromatic nitrogens is 3. The molecule has 0 bridgehead atoms. The molecule has 0 aliphatic heterocycles. The van der Waals surface area contributed by atoms with Gasteiger partial charge in [-0.25, -0.2) is 15.0 Å². The summed E-state index contributed by atoms with van der Waals surface area (Å²) in [5, 5.41) is 16.3. The maximum Gasteiger partial charge on any atom is 0.164 e. The van der Waals surface area contributed by atoms with E-state index in [1.807, 2.05) is 60.7 Å². The van der Waals surface area contributed by atoms with Crippen LogP contribution in [0.25, 0.3) is 143 Å². The van der Waals surface area contributed by atoms with Crippen molar-refractivity contribution in [1.82, 2.24) is 15.0 Å². The van der Waals surface area contributed by atoms with E-state index < -0.39 is 0 Å². The van der Waals surface area contributed by atoms with Crippen molar-refractivity contribution in [1.29, 1.82) is 0 Å². The minimum Gasteiger partial charge on any atom is -0.456 e. The highest BCUT2D eigenvalue weighted by molar-refractivity contribution is 6.37. The van der Waals surface area contributed by atoms with Crippen molar-refractivity contribution in [3.63, 3.8) is 0 Å². The Morgan fingerprint density at radius 3 is 1.36 bits per heavy atom. The van der Waals surface area contributed by atoms with Gasteiger partial charge in [0.05, 0.1) is 0 Å². The summed E-state index contributed by atoms with van der Waals surface area (Å²) in [6.07, 6.45) is 0. The van der Waals surface area contributed by atoms with E-state index >= 15 is 0 Å². The summed E-state index contributed by atoms with van der Waals surface area (Å²) < 4.78 is 6.37. The van der Waals surface area contributed by atoms with Crippen LogP contribution >= 0.6 is 0 Å². The largest absolute Gasteiger partial charge is 0.456 e. The first kappa shape index (κ1) is 37.4. The van der Waals surface area contributed by atoms with Gasteiger partial charge in [0.1, 0.15) is 11.3 Å². The molecule has 67 heavy (non-hydrogen) atoms. The van der Waals surface area contributed by atoms with Gasteiger partial charge in [0.15, 0.2) is 17.5 Å². The van der Waals surface area contributed by atoms with Gasteiger partial charge in [0.25, 0.3) is 0 Å². The quantitative estimate of drug-likeness (QED) is 0.156. The zero-order chi connectivity index (χ0) is 44.0. The minimum absolute atomic E-state index is 0.580. The van der Waals surface area contributed by atoms with Crippen LogP contribution in [0, 0.1) is 0 Å². The van der Waals surface area contributed by atoms with E-state index in [0.717, 1.165) is 50.1 Å². The van der Waals surface area contributed by atoms with Crippen LogP contribution in [0.3, 0.4) is 0 Å². The molecular formula is C63H37N3O. The average Bonchev–Trinajstić information content (AvgIpc) is 3.84. The normalized spacial score (nSPS) is 11.9. The molecule has 12 aromatic carbocycles. The molecule has 2 aromatic heterocycles. The predicted octanol–water partition coefficient (Wildman–Crippen LogP) is 17.0. The fourth-order valence-electron chi connectivity index (χ4n) is 10.6. The molecule has 0 saturated carbocycles. The van der Waals surface area contributed by atoms with Crippen LogP contribution in [-0.4, -0.2) is 15.0 Å². The Balaban J connectivity index is 0.926. The topological polar surface area (TPSA) is 51.8 Å². The van der Waals surface area contributed by atoms with Gasteiger partial charge in [-0.15, -0.1) is 0 Å². The van der Waals surface area contributed by atoms with Crippen LogP contribution in [0.4, 0.5) is 0 Å². The molecular weight excluding hydrogens is 815 g/mol. The number of furan rings is 1. The van der Waals surface area contributed by atoms with Gasteiger partial charge >= 0.3 is 0 Å². The highest BCUT2D eigenvalue weighted by Crippen LogP contribution is 2.46. The Bertz CT molecular complexity index is 4230. The summed E-state index contributed by atoms with van der Waals surface area (Å²) in [5.41, 5.74) is 9.05. The molecule has 14 rings (SSSR count). The standard InChI is InChI=1S/C63H37N3O/c1-2-13-42(14-3-1)61-64-62(66-63(65-61)53-22-8-7-21-49(53)56-37-44-15-4-9-26-55(44)67-56)43-32-27-38(28-33-43)47-19-5-6-20-48(47)46-35-45-34-31-41-17-11-24-51-50-23-10-16-39-29-30-40-18-12-25-52(59(40)57(39)50)54(36-46)60(45)58(41)51/h1-37H. The van der Waals surface area contributed by atoms with E-state index in [0.29, 0.717) is 17.5 Å². The first-order chi connectivity index (χ1) is 33.2. The van der Waals surface area contributed by atoms with Gasteiger partial charge in [0.2, 0.25) is 0 Å². The minimum atomic E-state index is 0.580. The Morgan fingerprint density at radius 1 is 0.254 bits per heavy atom. The molecule has 0 unspecified atom stereocenters. The maximum atomic E-state index is 6.37. The predicted molar refractivity (Wildman–Crippen MR) is 278 cm³/mol. The lowest BCUT2D eigenvalue weighted by atomic mass is 9.85. The molecule has 2 heterocycles. The van der Waals surface area contributed by atoms with E-state index in [-0.39, 0.29) is 0 Å². The van der Waals surface area contributed by atoms with Crippen molar-refractivity contribution in [3.05, 3.63) is 224 Å².